The van der Waals surface area contributed by atoms with E-state index in [1.165, 1.54) is 0 Å². The van der Waals surface area contributed by atoms with Gasteiger partial charge in [0.25, 0.3) is 0 Å². The minimum Gasteiger partial charge on any atom is -0.378 e. The van der Waals surface area contributed by atoms with Crippen LogP contribution in [-0.4, -0.2) is 50.8 Å². The van der Waals surface area contributed by atoms with E-state index >= 15 is 0 Å². The quantitative estimate of drug-likeness (QED) is 0.551. The van der Waals surface area contributed by atoms with Gasteiger partial charge in [0.1, 0.15) is 0 Å². The summed E-state index contributed by atoms with van der Waals surface area (Å²) in [7, 11) is 0. The van der Waals surface area contributed by atoms with E-state index in [0.717, 1.165) is 0 Å². The Kier molecular flexibility index (Phi) is 10.5. The van der Waals surface area contributed by atoms with Gasteiger partial charge >= 0.3 is 0 Å². The summed E-state index contributed by atoms with van der Waals surface area (Å²) in [6, 6.07) is 0. The molecule has 4 heteroatoms. The van der Waals surface area contributed by atoms with Gasteiger partial charge in [0.05, 0.1) is 56.3 Å². The standard InChI is InChI=1S/C17H36O4/c1-13(2)18-9-17(10-19-14(3)4,11-20-15(5)6)12-21-16(7)8/h13-16H,9-12H2,1-8H3. The van der Waals surface area contributed by atoms with Crippen LogP contribution in [0, 0.1) is 5.41 Å². The molecule has 21 heavy (non-hydrogen) atoms. The number of hydrogen-bond donors (Lipinski definition) is 0. The lowest BCUT2D eigenvalue weighted by Crippen LogP contribution is -2.44. The highest BCUT2D eigenvalue weighted by Gasteiger charge is 2.34. The zero-order valence-electron chi connectivity index (χ0n) is 15.3. The Hall–Kier alpha value is -0.160. The van der Waals surface area contributed by atoms with Crippen LogP contribution in [-0.2, 0) is 18.9 Å². The van der Waals surface area contributed by atoms with Crippen LogP contribution in [0.5, 0.6) is 0 Å². The monoisotopic (exact) mass is 304 g/mol. The molecule has 0 heterocycles. The van der Waals surface area contributed by atoms with Gasteiger partial charge in [0.2, 0.25) is 0 Å². The number of rotatable bonds is 12. The lowest BCUT2D eigenvalue weighted by atomic mass is 9.91. The average molecular weight is 304 g/mol. The first kappa shape index (κ1) is 20.8. The van der Waals surface area contributed by atoms with Gasteiger partial charge in [-0.25, -0.2) is 0 Å². The van der Waals surface area contributed by atoms with E-state index in [1.807, 2.05) is 55.4 Å². The van der Waals surface area contributed by atoms with Gasteiger partial charge < -0.3 is 18.9 Å². The molecule has 0 spiro atoms. The second-order valence-corrected chi connectivity index (χ2v) is 6.94. The van der Waals surface area contributed by atoms with Crippen LogP contribution in [0.2, 0.25) is 0 Å². The molecule has 0 rings (SSSR count). The molecule has 0 aliphatic rings. The Labute approximate surface area is 131 Å². The predicted molar refractivity (Wildman–Crippen MR) is 86.8 cm³/mol. The SMILES string of the molecule is CC(C)OCC(COC(C)C)(COC(C)C)COC(C)C. The van der Waals surface area contributed by atoms with Crippen LogP contribution in [0.3, 0.4) is 0 Å². The first-order valence-electron chi connectivity index (χ1n) is 8.13. The Bertz CT molecular complexity index is 196. The maximum Gasteiger partial charge on any atom is 0.0638 e. The van der Waals surface area contributed by atoms with E-state index < -0.39 is 0 Å². The summed E-state index contributed by atoms with van der Waals surface area (Å²) in [6.07, 6.45) is 0.728. The predicted octanol–water partition coefficient (Wildman–Crippen LogP) is 3.67. The third-order valence-corrected chi connectivity index (χ3v) is 2.89. The van der Waals surface area contributed by atoms with E-state index in [9.17, 15) is 0 Å². The molecule has 0 aliphatic heterocycles. The van der Waals surface area contributed by atoms with Crippen molar-refractivity contribution in [2.75, 3.05) is 26.4 Å². The fraction of sp³-hybridized carbons (Fsp3) is 1.00. The minimum absolute atomic E-state index is 0.182. The average Bonchev–Trinajstić information content (AvgIpc) is 2.36. The van der Waals surface area contributed by atoms with Crippen molar-refractivity contribution in [3.8, 4) is 0 Å². The van der Waals surface area contributed by atoms with Gasteiger partial charge in [0.15, 0.2) is 0 Å². The van der Waals surface area contributed by atoms with Gasteiger partial charge in [-0.15, -0.1) is 0 Å². The van der Waals surface area contributed by atoms with Crippen molar-refractivity contribution in [1.29, 1.82) is 0 Å². The topological polar surface area (TPSA) is 36.9 Å². The maximum atomic E-state index is 5.86. The van der Waals surface area contributed by atoms with Crippen molar-refractivity contribution in [2.45, 2.75) is 79.8 Å². The molecular weight excluding hydrogens is 268 g/mol. The fourth-order valence-corrected chi connectivity index (χ4v) is 1.62. The largest absolute Gasteiger partial charge is 0.378 e. The molecule has 0 atom stereocenters. The van der Waals surface area contributed by atoms with Crippen molar-refractivity contribution in [2.24, 2.45) is 5.41 Å². The van der Waals surface area contributed by atoms with E-state index in [-0.39, 0.29) is 29.8 Å². The number of hydrogen-bond acceptors (Lipinski definition) is 4. The normalized spacial score (nSPS) is 13.1. The van der Waals surface area contributed by atoms with Crippen LogP contribution >= 0.6 is 0 Å². The van der Waals surface area contributed by atoms with Crippen LogP contribution in [0.4, 0.5) is 0 Å². The molecule has 0 saturated carbocycles. The molecule has 0 aromatic carbocycles. The smallest absolute Gasteiger partial charge is 0.0638 e. The second-order valence-electron chi connectivity index (χ2n) is 6.94. The highest BCUT2D eigenvalue weighted by molar-refractivity contribution is 4.80. The molecule has 0 unspecified atom stereocenters. The summed E-state index contributed by atoms with van der Waals surface area (Å²) >= 11 is 0. The lowest BCUT2D eigenvalue weighted by molar-refractivity contribution is -0.136. The second kappa shape index (κ2) is 10.5. The Morgan fingerprint density at radius 3 is 0.810 bits per heavy atom. The van der Waals surface area contributed by atoms with Crippen molar-refractivity contribution < 1.29 is 18.9 Å². The van der Waals surface area contributed by atoms with Crippen molar-refractivity contribution in [3.63, 3.8) is 0 Å². The van der Waals surface area contributed by atoms with Gasteiger partial charge in [-0.3, -0.25) is 0 Å². The molecule has 0 saturated heterocycles. The van der Waals surface area contributed by atoms with Crippen LogP contribution in [0.25, 0.3) is 0 Å². The maximum absolute atomic E-state index is 5.86. The molecular formula is C17H36O4. The molecule has 0 bridgehead atoms. The van der Waals surface area contributed by atoms with Crippen LogP contribution in [0.15, 0.2) is 0 Å². The van der Waals surface area contributed by atoms with E-state index in [4.69, 9.17) is 18.9 Å². The molecule has 128 valence electrons. The minimum atomic E-state index is -0.261. The van der Waals surface area contributed by atoms with E-state index in [1.54, 1.807) is 0 Å². The molecule has 0 fully saturated rings. The first-order valence-corrected chi connectivity index (χ1v) is 8.13. The molecule has 0 aromatic heterocycles. The Morgan fingerprint density at radius 2 is 0.667 bits per heavy atom. The van der Waals surface area contributed by atoms with E-state index in [2.05, 4.69) is 0 Å². The van der Waals surface area contributed by atoms with Gasteiger partial charge in [-0.2, -0.15) is 0 Å². The number of ether oxygens (including phenoxy) is 4. The molecule has 4 nitrogen and oxygen atoms in total. The lowest BCUT2D eigenvalue weighted by Gasteiger charge is -2.35. The van der Waals surface area contributed by atoms with Crippen molar-refractivity contribution in [1.82, 2.24) is 0 Å². The van der Waals surface area contributed by atoms with E-state index in [0.29, 0.717) is 26.4 Å². The van der Waals surface area contributed by atoms with Crippen LogP contribution < -0.4 is 0 Å². The van der Waals surface area contributed by atoms with Gasteiger partial charge in [-0.05, 0) is 55.4 Å². The van der Waals surface area contributed by atoms with Gasteiger partial charge in [-0.1, -0.05) is 0 Å². The Morgan fingerprint density at radius 1 is 0.476 bits per heavy atom. The third kappa shape index (κ3) is 11.1. The first-order chi connectivity index (χ1) is 9.67. The van der Waals surface area contributed by atoms with Crippen molar-refractivity contribution in [3.05, 3.63) is 0 Å². The zero-order chi connectivity index (χ0) is 16.5. The summed E-state index contributed by atoms with van der Waals surface area (Å²) < 4.78 is 23.5. The molecule has 0 aliphatic carbocycles. The summed E-state index contributed by atoms with van der Waals surface area (Å²) in [5.74, 6) is 0. The van der Waals surface area contributed by atoms with Crippen molar-refractivity contribution >= 4 is 0 Å². The zero-order valence-corrected chi connectivity index (χ0v) is 15.3. The third-order valence-electron chi connectivity index (χ3n) is 2.89. The molecule has 0 N–H and O–H groups in total. The summed E-state index contributed by atoms with van der Waals surface area (Å²) in [4.78, 5) is 0. The summed E-state index contributed by atoms with van der Waals surface area (Å²) in [6.45, 7) is 18.7. The molecule has 0 aromatic rings. The summed E-state index contributed by atoms with van der Waals surface area (Å²) in [5.41, 5.74) is -0.261. The van der Waals surface area contributed by atoms with Crippen LogP contribution in [0.1, 0.15) is 55.4 Å². The Balaban J connectivity index is 4.85. The van der Waals surface area contributed by atoms with Gasteiger partial charge in [0, 0.05) is 0 Å². The fourth-order valence-electron chi connectivity index (χ4n) is 1.62. The molecule has 0 amide bonds. The highest BCUT2D eigenvalue weighted by atomic mass is 16.5. The summed E-state index contributed by atoms with van der Waals surface area (Å²) in [5, 5.41) is 0. The highest BCUT2D eigenvalue weighted by Crippen LogP contribution is 2.23. The molecule has 0 radical (unpaired) electrons.